The highest BCUT2D eigenvalue weighted by atomic mass is 32.2. The largest absolute Gasteiger partial charge is 0.497 e. The maximum absolute atomic E-state index is 12.5. The highest BCUT2D eigenvalue weighted by molar-refractivity contribution is 7.89. The van der Waals surface area contributed by atoms with Crippen LogP contribution in [0.5, 0.6) is 11.5 Å². The third-order valence-electron chi connectivity index (χ3n) is 4.55. The molecule has 0 atom stereocenters. The third kappa shape index (κ3) is 5.35. The molecular weight excluding hydrogens is 356 g/mol. The van der Waals surface area contributed by atoms with E-state index in [0.29, 0.717) is 49.4 Å². The molecule has 26 heavy (non-hydrogen) atoms. The summed E-state index contributed by atoms with van der Waals surface area (Å²) in [5.74, 6) is 1.08. The van der Waals surface area contributed by atoms with E-state index in [-0.39, 0.29) is 17.7 Å². The number of nitrogens with one attached hydrogen (secondary N) is 1. The van der Waals surface area contributed by atoms with Crippen LogP contribution in [0.3, 0.4) is 0 Å². The molecule has 1 fully saturated rings. The summed E-state index contributed by atoms with van der Waals surface area (Å²) in [5, 5.41) is 2.98. The number of methoxy groups -OCH3 is 2. The van der Waals surface area contributed by atoms with Gasteiger partial charge in [0.05, 0.1) is 20.0 Å². The van der Waals surface area contributed by atoms with Crippen LogP contribution in [0.25, 0.3) is 0 Å². The van der Waals surface area contributed by atoms with Crippen molar-refractivity contribution in [3.05, 3.63) is 23.8 Å². The van der Waals surface area contributed by atoms with E-state index in [9.17, 15) is 13.2 Å². The summed E-state index contributed by atoms with van der Waals surface area (Å²) < 4.78 is 36.4. The normalized spacial score (nSPS) is 16.3. The summed E-state index contributed by atoms with van der Waals surface area (Å²) in [7, 11) is -0.114. The Morgan fingerprint density at radius 3 is 2.23 bits per heavy atom. The fraction of sp³-hybridized carbons (Fsp3) is 0.611. The number of hydrogen-bond donors (Lipinski definition) is 1. The minimum atomic E-state index is -3.18. The Kier molecular flexibility index (Phi) is 7.28. The first-order valence-electron chi connectivity index (χ1n) is 8.91. The number of piperidine rings is 1. The van der Waals surface area contributed by atoms with Crippen molar-refractivity contribution < 1.29 is 22.7 Å². The number of hydrogen-bond acceptors (Lipinski definition) is 5. The van der Waals surface area contributed by atoms with Crippen molar-refractivity contribution in [1.82, 2.24) is 9.62 Å². The van der Waals surface area contributed by atoms with Crippen LogP contribution in [0.4, 0.5) is 0 Å². The van der Waals surface area contributed by atoms with Crippen LogP contribution >= 0.6 is 0 Å². The SMILES string of the molecule is CCCCS(=O)(=O)N1CCC(NC(=O)c2cc(OC)cc(OC)c2)CC1. The molecule has 0 radical (unpaired) electrons. The summed E-state index contributed by atoms with van der Waals surface area (Å²) in [4.78, 5) is 12.5. The van der Waals surface area contributed by atoms with Crippen LogP contribution in [0.1, 0.15) is 43.0 Å². The van der Waals surface area contributed by atoms with Gasteiger partial charge in [-0.1, -0.05) is 13.3 Å². The van der Waals surface area contributed by atoms with E-state index in [1.807, 2.05) is 6.92 Å². The highest BCUT2D eigenvalue weighted by Crippen LogP contribution is 2.23. The predicted molar refractivity (Wildman–Crippen MR) is 100 cm³/mol. The van der Waals surface area contributed by atoms with Gasteiger partial charge < -0.3 is 14.8 Å². The number of benzene rings is 1. The molecule has 0 aromatic heterocycles. The number of ether oxygens (including phenoxy) is 2. The number of sulfonamides is 1. The second kappa shape index (κ2) is 9.23. The van der Waals surface area contributed by atoms with Crippen molar-refractivity contribution in [3.63, 3.8) is 0 Å². The molecular formula is C18H28N2O5S. The first-order valence-corrected chi connectivity index (χ1v) is 10.5. The maximum Gasteiger partial charge on any atom is 0.251 e. The summed E-state index contributed by atoms with van der Waals surface area (Å²) in [6.45, 7) is 2.86. The topological polar surface area (TPSA) is 84.9 Å². The zero-order chi connectivity index (χ0) is 19.2. The van der Waals surface area contributed by atoms with E-state index < -0.39 is 10.0 Å². The Labute approximate surface area is 155 Å². The molecule has 146 valence electrons. The standard InChI is InChI=1S/C18H28N2O5S/c1-4-5-10-26(22,23)20-8-6-15(7-9-20)19-18(21)14-11-16(24-2)13-17(12-14)25-3/h11-13,15H,4-10H2,1-3H3,(H,19,21). The van der Waals surface area contributed by atoms with Crippen LogP contribution in [0, 0.1) is 0 Å². The summed E-state index contributed by atoms with van der Waals surface area (Å²) >= 11 is 0. The lowest BCUT2D eigenvalue weighted by Crippen LogP contribution is -2.47. The molecule has 1 heterocycles. The monoisotopic (exact) mass is 384 g/mol. The van der Waals surface area contributed by atoms with Crippen LogP contribution < -0.4 is 14.8 Å². The zero-order valence-corrected chi connectivity index (χ0v) is 16.5. The smallest absolute Gasteiger partial charge is 0.251 e. The molecule has 0 saturated carbocycles. The molecule has 1 N–H and O–H groups in total. The number of carbonyl (C=O) groups excluding carboxylic acids is 1. The van der Waals surface area contributed by atoms with Crippen molar-refractivity contribution in [2.75, 3.05) is 33.1 Å². The van der Waals surface area contributed by atoms with E-state index in [1.165, 1.54) is 14.2 Å². The number of nitrogens with zero attached hydrogens (tertiary/aromatic N) is 1. The molecule has 1 aromatic rings. The molecule has 0 bridgehead atoms. The van der Waals surface area contributed by atoms with E-state index in [1.54, 1.807) is 22.5 Å². The van der Waals surface area contributed by atoms with E-state index in [4.69, 9.17) is 9.47 Å². The molecule has 1 aromatic carbocycles. The average molecular weight is 384 g/mol. The number of unbranched alkanes of at least 4 members (excludes halogenated alkanes) is 1. The number of amides is 1. The minimum Gasteiger partial charge on any atom is -0.497 e. The molecule has 1 amide bonds. The van der Waals surface area contributed by atoms with Crippen LogP contribution in [-0.4, -0.2) is 57.7 Å². The van der Waals surface area contributed by atoms with E-state index >= 15 is 0 Å². The summed E-state index contributed by atoms with van der Waals surface area (Å²) in [5.41, 5.74) is 0.458. The lowest BCUT2D eigenvalue weighted by Gasteiger charge is -2.31. The fourth-order valence-electron chi connectivity index (χ4n) is 2.94. The van der Waals surface area contributed by atoms with E-state index in [2.05, 4.69) is 5.32 Å². The van der Waals surface area contributed by atoms with Gasteiger partial charge in [-0.15, -0.1) is 0 Å². The second-order valence-electron chi connectivity index (χ2n) is 6.42. The number of carbonyl (C=O) groups is 1. The Morgan fingerprint density at radius 1 is 1.15 bits per heavy atom. The molecule has 1 aliphatic heterocycles. The van der Waals surface area contributed by atoms with Crippen LogP contribution in [0.2, 0.25) is 0 Å². The van der Waals surface area contributed by atoms with Crippen LogP contribution in [0.15, 0.2) is 18.2 Å². The molecule has 1 saturated heterocycles. The van der Waals surface area contributed by atoms with Gasteiger partial charge in [0.1, 0.15) is 11.5 Å². The first kappa shape index (κ1) is 20.5. The maximum atomic E-state index is 12.5. The average Bonchev–Trinajstić information content (AvgIpc) is 2.66. The van der Waals surface area contributed by atoms with Crippen molar-refractivity contribution in [2.45, 2.75) is 38.6 Å². The van der Waals surface area contributed by atoms with Crippen LogP contribution in [-0.2, 0) is 10.0 Å². The highest BCUT2D eigenvalue weighted by Gasteiger charge is 2.28. The van der Waals surface area contributed by atoms with Gasteiger partial charge in [0.25, 0.3) is 5.91 Å². The molecule has 0 spiro atoms. The Bertz CT molecular complexity index is 690. The minimum absolute atomic E-state index is 0.0441. The lowest BCUT2D eigenvalue weighted by atomic mass is 10.1. The Hall–Kier alpha value is -1.80. The lowest BCUT2D eigenvalue weighted by molar-refractivity contribution is 0.0923. The van der Waals surface area contributed by atoms with Gasteiger partial charge in [-0.25, -0.2) is 12.7 Å². The van der Waals surface area contributed by atoms with Crippen molar-refractivity contribution in [2.24, 2.45) is 0 Å². The predicted octanol–water partition coefficient (Wildman–Crippen LogP) is 2.03. The fourth-order valence-corrected chi connectivity index (χ4v) is 4.62. The quantitative estimate of drug-likeness (QED) is 0.741. The van der Waals surface area contributed by atoms with Gasteiger partial charge in [-0.05, 0) is 31.4 Å². The summed E-state index contributed by atoms with van der Waals surface area (Å²) in [6, 6.07) is 4.97. The number of rotatable bonds is 8. The molecule has 8 heteroatoms. The van der Waals surface area contributed by atoms with Crippen molar-refractivity contribution in [1.29, 1.82) is 0 Å². The van der Waals surface area contributed by atoms with Gasteiger partial charge >= 0.3 is 0 Å². The molecule has 1 aliphatic rings. The van der Waals surface area contributed by atoms with Gasteiger partial charge in [-0.2, -0.15) is 0 Å². The Balaban J connectivity index is 1.94. The van der Waals surface area contributed by atoms with Gasteiger partial charge in [-0.3, -0.25) is 4.79 Å². The molecule has 7 nitrogen and oxygen atoms in total. The van der Waals surface area contributed by atoms with Gasteiger partial charge in [0.2, 0.25) is 10.0 Å². The van der Waals surface area contributed by atoms with Crippen molar-refractivity contribution in [3.8, 4) is 11.5 Å². The van der Waals surface area contributed by atoms with Crippen molar-refractivity contribution >= 4 is 15.9 Å². The molecule has 0 unspecified atom stereocenters. The Morgan fingerprint density at radius 2 is 1.73 bits per heavy atom. The third-order valence-corrected chi connectivity index (χ3v) is 6.51. The van der Waals surface area contributed by atoms with Gasteiger partial charge in [0, 0.05) is 30.8 Å². The second-order valence-corrected chi connectivity index (χ2v) is 8.51. The molecule has 0 aliphatic carbocycles. The zero-order valence-electron chi connectivity index (χ0n) is 15.7. The van der Waals surface area contributed by atoms with Gasteiger partial charge in [0.15, 0.2) is 0 Å². The summed E-state index contributed by atoms with van der Waals surface area (Å²) in [6.07, 6.45) is 2.75. The van der Waals surface area contributed by atoms with E-state index in [0.717, 1.165) is 6.42 Å². The molecule has 2 rings (SSSR count). The first-order chi connectivity index (χ1) is 12.4.